The van der Waals surface area contributed by atoms with E-state index < -0.39 is 0 Å². The molecule has 0 unspecified atom stereocenters. The van der Waals surface area contributed by atoms with E-state index in [0.717, 1.165) is 10.7 Å². The van der Waals surface area contributed by atoms with Crippen LogP contribution in [0.15, 0.2) is 23.2 Å². The molecule has 14 heavy (non-hydrogen) atoms. The van der Waals surface area contributed by atoms with Crippen LogP contribution in [0, 0.1) is 11.3 Å². The van der Waals surface area contributed by atoms with E-state index in [9.17, 15) is 4.79 Å². The largest absolute Gasteiger partial charge is 0.350 e. The molecule has 0 spiro atoms. The summed E-state index contributed by atoms with van der Waals surface area (Å²) >= 11 is 1.44. The van der Waals surface area contributed by atoms with Crippen LogP contribution in [0.25, 0.3) is 0 Å². The van der Waals surface area contributed by atoms with Crippen LogP contribution in [0.2, 0.25) is 0 Å². The molecule has 0 amide bonds. The third kappa shape index (κ3) is 2.71. The molecule has 72 valence electrons. The molecule has 0 fully saturated rings. The predicted octanol–water partition coefficient (Wildman–Crippen LogP) is 2.52. The number of thiophene rings is 1. The Morgan fingerprint density at radius 1 is 1.64 bits per heavy atom. The van der Waals surface area contributed by atoms with Gasteiger partial charge < -0.3 is 5.32 Å². The summed E-state index contributed by atoms with van der Waals surface area (Å²) in [6.45, 7) is 3.28. The summed E-state index contributed by atoms with van der Waals surface area (Å²) in [6, 6.07) is 3.81. The van der Waals surface area contributed by atoms with Gasteiger partial charge in [-0.25, -0.2) is 0 Å². The number of carbonyl (C=O) groups excluding carboxylic acids is 1. The van der Waals surface area contributed by atoms with Gasteiger partial charge in [-0.1, -0.05) is 0 Å². The lowest BCUT2D eigenvalue weighted by Gasteiger charge is -2.02. The number of allylic oxidation sites excluding steroid dienone is 2. The average Bonchev–Trinajstić information content (AvgIpc) is 2.50. The first-order valence-electron chi connectivity index (χ1n) is 4.07. The van der Waals surface area contributed by atoms with Gasteiger partial charge in [-0.3, -0.25) is 4.79 Å². The van der Waals surface area contributed by atoms with E-state index in [4.69, 9.17) is 5.26 Å². The lowest BCUT2D eigenvalue weighted by molar-refractivity contribution is -0.112. The molecule has 3 nitrogen and oxygen atoms in total. The highest BCUT2D eigenvalue weighted by Gasteiger charge is 2.02. The van der Waals surface area contributed by atoms with Crippen LogP contribution < -0.4 is 5.32 Å². The van der Waals surface area contributed by atoms with E-state index in [-0.39, 0.29) is 5.78 Å². The zero-order valence-electron chi connectivity index (χ0n) is 8.00. The smallest absolute Gasteiger partial charge is 0.154 e. The molecule has 0 atom stereocenters. The molecule has 0 aromatic carbocycles. The van der Waals surface area contributed by atoms with Crippen molar-refractivity contribution in [2.24, 2.45) is 0 Å². The van der Waals surface area contributed by atoms with Gasteiger partial charge in [0.2, 0.25) is 0 Å². The van der Waals surface area contributed by atoms with Crippen molar-refractivity contribution < 1.29 is 4.79 Å². The summed E-state index contributed by atoms with van der Waals surface area (Å²) in [7, 11) is 0. The molecule has 0 aliphatic carbocycles. The Hall–Kier alpha value is -1.60. The zero-order chi connectivity index (χ0) is 10.6. The molecule has 1 N–H and O–H groups in total. The molecular formula is C10H10N2OS. The number of ketones is 1. The van der Waals surface area contributed by atoms with E-state index in [0.29, 0.717) is 5.56 Å². The van der Waals surface area contributed by atoms with Gasteiger partial charge in [0.25, 0.3) is 0 Å². The topological polar surface area (TPSA) is 52.9 Å². The van der Waals surface area contributed by atoms with Gasteiger partial charge in [0.05, 0.1) is 5.56 Å². The van der Waals surface area contributed by atoms with E-state index in [1.807, 2.05) is 5.38 Å². The third-order valence-electron chi connectivity index (χ3n) is 1.52. The van der Waals surface area contributed by atoms with Crippen LogP contribution in [0.1, 0.15) is 19.4 Å². The van der Waals surface area contributed by atoms with Crippen molar-refractivity contribution in [2.45, 2.75) is 13.8 Å². The lowest BCUT2D eigenvalue weighted by Crippen LogP contribution is -1.97. The second kappa shape index (κ2) is 4.58. The van der Waals surface area contributed by atoms with Gasteiger partial charge in [-0.2, -0.15) is 5.26 Å². The quantitative estimate of drug-likeness (QED) is 0.773. The minimum absolute atomic E-state index is 0.00920. The fraction of sp³-hybridized carbons (Fsp3) is 0.200. The van der Waals surface area contributed by atoms with Gasteiger partial charge in [-0.15, -0.1) is 11.3 Å². The molecule has 0 aliphatic heterocycles. The molecule has 4 heteroatoms. The molecular weight excluding hydrogens is 196 g/mol. The number of hydrogen-bond acceptors (Lipinski definition) is 4. The standard InChI is InChI=1S/C10H10N2OS/c1-7(5-8(2)13)12-10-9(6-11)3-4-14-10/h3-5,12H,1-2H3/b7-5+. The van der Waals surface area contributed by atoms with Crippen LogP contribution >= 0.6 is 11.3 Å². The molecule has 0 bridgehead atoms. The summed E-state index contributed by atoms with van der Waals surface area (Å²) in [5, 5.41) is 14.4. The maximum atomic E-state index is 10.8. The number of rotatable bonds is 3. The normalized spacial score (nSPS) is 10.8. The SMILES string of the molecule is CC(=O)/C=C(\C)Nc1sccc1C#N. The Balaban J connectivity index is 2.80. The molecule has 1 rings (SSSR count). The van der Waals surface area contributed by atoms with Crippen molar-refractivity contribution in [3.8, 4) is 6.07 Å². The second-order valence-corrected chi connectivity index (χ2v) is 3.75. The molecule has 0 saturated heterocycles. The number of anilines is 1. The Morgan fingerprint density at radius 3 is 2.93 bits per heavy atom. The maximum Gasteiger partial charge on any atom is 0.154 e. The van der Waals surface area contributed by atoms with Crippen molar-refractivity contribution in [2.75, 3.05) is 5.32 Å². The van der Waals surface area contributed by atoms with Gasteiger partial charge in [0.15, 0.2) is 5.78 Å². The first kappa shape index (κ1) is 10.5. The number of nitrogens with one attached hydrogen (secondary N) is 1. The first-order chi connectivity index (χ1) is 6.63. The lowest BCUT2D eigenvalue weighted by atomic mass is 10.3. The molecule has 1 heterocycles. The summed E-state index contributed by atoms with van der Waals surface area (Å²) in [5.41, 5.74) is 1.35. The van der Waals surface area contributed by atoms with E-state index in [1.54, 1.807) is 13.0 Å². The number of nitriles is 1. The summed E-state index contributed by atoms with van der Waals surface area (Å²) in [5.74, 6) is -0.00920. The minimum Gasteiger partial charge on any atom is -0.350 e. The van der Waals surface area contributed by atoms with Crippen molar-refractivity contribution in [3.63, 3.8) is 0 Å². The summed E-state index contributed by atoms with van der Waals surface area (Å²) < 4.78 is 0. The van der Waals surface area contributed by atoms with Gasteiger partial charge >= 0.3 is 0 Å². The molecule has 0 saturated carbocycles. The highest BCUT2D eigenvalue weighted by Crippen LogP contribution is 2.23. The van der Waals surface area contributed by atoms with Gasteiger partial charge in [0, 0.05) is 5.70 Å². The summed E-state index contributed by atoms with van der Waals surface area (Å²) in [6.07, 6.45) is 1.50. The Morgan fingerprint density at radius 2 is 2.36 bits per heavy atom. The second-order valence-electron chi connectivity index (χ2n) is 2.84. The zero-order valence-corrected chi connectivity index (χ0v) is 8.81. The molecule has 0 radical (unpaired) electrons. The molecule has 0 aliphatic rings. The maximum absolute atomic E-state index is 10.8. The minimum atomic E-state index is -0.00920. The van der Waals surface area contributed by atoms with Crippen LogP contribution in [0.5, 0.6) is 0 Å². The Labute approximate surface area is 86.7 Å². The van der Waals surface area contributed by atoms with Crippen LogP contribution in [0.3, 0.4) is 0 Å². The van der Waals surface area contributed by atoms with Gasteiger partial charge in [0.1, 0.15) is 11.1 Å². The van der Waals surface area contributed by atoms with Crippen molar-refractivity contribution in [1.82, 2.24) is 0 Å². The molecule has 1 aromatic rings. The summed E-state index contributed by atoms with van der Waals surface area (Å²) in [4.78, 5) is 10.8. The highest BCUT2D eigenvalue weighted by atomic mass is 32.1. The fourth-order valence-corrected chi connectivity index (χ4v) is 1.81. The van der Waals surface area contributed by atoms with E-state index in [1.165, 1.54) is 24.3 Å². The van der Waals surface area contributed by atoms with Crippen molar-refractivity contribution in [1.29, 1.82) is 5.26 Å². The molecule has 1 aromatic heterocycles. The average molecular weight is 206 g/mol. The first-order valence-corrected chi connectivity index (χ1v) is 4.95. The van der Waals surface area contributed by atoms with Crippen LogP contribution in [-0.4, -0.2) is 5.78 Å². The van der Waals surface area contributed by atoms with Crippen LogP contribution in [0.4, 0.5) is 5.00 Å². The Kier molecular flexibility index (Phi) is 3.43. The van der Waals surface area contributed by atoms with Crippen LogP contribution in [-0.2, 0) is 4.79 Å². The van der Waals surface area contributed by atoms with Crippen molar-refractivity contribution >= 4 is 22.1 Å². The fourth-order valence-electron chi connectivity index (χ4n) is 1.01. The number of carbonyl (C=O) groups is 1. The van der Waals surface area contributed by atoms with E-state index >= 15 is 0 Å². The van der Waals surface area contributed by atoms with Crippen molar-refractivity contribution in [3.05, 3.63) is 28.8 Å². The third-order valence-corrected chi connectivity index (χ3v) is 2.35. The number of nitrogens with zero attached hydrogens (tertiary/aromatic N) is 1. The predicted molar refractivity (Wildman–Crippen MR) is 57.1 cm³/mol. The van der Waals surface area contributed by atoms with Gasteiger partial charge in [-0.05, 0) is 31.4 Å². The number of hydrogen-bond donors (Lipinski definition) is 1. The Bertz CT molecular complexity index is 412. The van der Waals surface area contributed by atoms with E-state index in [2.05, 4.69) is 11.4 Å². The highest BCUT2D eigenvalue weighted by molar-refractivity contribution is 7.14. The monoisotopic (exact) mass is 206 g/mol.